The van der Waals surface area contributed by atoms with Crippen LogP contribution in [0, 0.1) is 12.8 Å². The van der Waals surface area contributed by atoms with E-state index in [-0.39, 0.29) is 17.7 Å². The first-order chi connectivity index (χ1) is 11.9. The van der Waals surface area contributed by atoms with E-state index in [9.17, 15) is 9.59 Å². The van der Waals surface area contributed by atoms with Gasteiger partial charge in [0.25, 0.3) is 5.91 Å². The average molecular weight is 357 g/mol. The maximum atomic E-state index is 12.6. The molecule has 2 N–H and O–H groups in total. The molecule has 1 aromatic carbocycles. The van der Waals surface area contributed by atoms with Crippen LogP contribution in [0.25, 0.3) is 11.1 Å². The zero-order chi connectivity index (χ0) is 18.0. The predicted molar refractivity (Wildman–Crippen MR) is 97.8 cm³/mol. The van der Waals surface area contributed by atoms with Crippen LogP contribution in [0.3, 0.4) is 0 Å². The van der Waals surface area contributed by atoms with Gasteiger partial charge in [-0.3, -0.25) is 9.59 Å². The van der Waals surface area contributed by atoms with Crippen molar-refractivity contribution >= 4 is 39.9 Å². The molecule has 0 saturated heterocycles. The molecule has 0 aliphatic rings. The van der Waals surface area contributed by atoms with Crippen LogP contribution in [-0.2, 0) is 4.79 Å². The summed E-state index contributed by atoms with van der Waals surface area (Å²) in [4.78, 5) is 29.7. The number of rotatable bonds is 5. The number of oxazole rings is 1. The number of benzene rings is 1. The Balaban J connectivity index is 1.74. The van der Waals surface area contributed by atoms with Crippen LogP contribution in [0.1, 0.15) is 29.4 Å². The van der Waals surface area contributed by atoms with Crippen LogP contribution in [0.4, 0.5) is 5.69 Å². The summed E-state index contributed by atoms with van der Waals surface area (Å²) in [7, 11) is 0. The van der Waals surface area contributed by atoms with Crippen LogP contribution in [0.5, 0.6) is 0 Å². The van der Waals surface area contributed by atoms with E-state index in [1.165, 1.54) is 11.3 Å². The van der Waals surface area contributed by atoms with Crippen LogP contribution >= 0.6 is 11.3 Å². The number of nitrogens with one attached hydrogen (secondary N) is 2. The number of aromatic nitrogens is 1. The van der Waals surface area contributed by atoms with Crippen LogP contribution < -0.4 is 10.6 Å². The summed E-state index contributed by atoms with van der Waals surface area (Å²) in [6, 6.07) is 8.17. The van der Waals surface area contributed by atoms with Gasteiger partial charge in [0.05, 0.1) is 4.88 Å². The number of anilines is 1. The SMILES string of the molecule is Cc1nc2cc(NC(=O)C(NC(=O)c3cccs3)C(C)C)ccc2o1. The summed E-state index contributed by atoms with van der Waals surface area (Å²) >= 11 is 1.34. The van der Waals surface area contributed by atoms with Gasteiger partial charge in [0.1, 0.15) is 11.6 Å². The molecule has 0 fully saturated rings. The molecule has 1 unspecified atom stereocenters. The summed E-state index contributed by atoms with van der Waals surface area (Å²) < 4.78 is 5.43. The van der Waals surface area contributed by atoms with Gasteiger partial charge >= 0.3 is 0 Å². The van der Waals surface area contributed by atoms with E-state index in [2.05, 4.69) is 15.6 Å². The fraction of sp³-hybridized carbons (Fsp3) is 0.278. The van der Waals surface area contributed by atoms with Gasteiger partial charge in [-0.2, -0.15) is 0 Å². The van der Waals surface area contributed by atoms with Gasteiger partial charge in [0.15, 0.2) is 11.5 Å². The molecule has 1 atom stereocenters. The van der Waals surface area contributed by atoms with Crippen molar-refractivity contribution in [3.63, 3.8) is 0 Å². The van der Waals surface area contributed by atoms with E-state index < -0.39 is 6.04 Å². The smallest absolute Gasteiger partial charge is 0.262 e. The van der Waals surface area contributed by atoms with E-state index in [0.29, 0.717) is 27.6 Å². The van der Waals surface area contributed by atoms with Crippen molar-refractivity contribution in [2.75, 3.05) is 5.32 Å². The third-order valence-corrected chi connectivity index (χ3v) is 4.61. The van der Waals surface area contributed by atoms with E-state index in [4.69, 9.17) is 4.42 Å². The minimum Gasteiger partial charge on any atom is -0.441 e. The summed E-state index contributed by atoms with van der Waals surface area (Å²) in [5.74, 6) is 0.00887. The zero-order valence-corrected chi connectivity index (χ0v) is 15.0. The standard InChI is InChI=1S/C18H19N3O3S/c1-10(2)16(21-17(22)15-5-4-8-25-15)18(23)20-12-6-7-14-13(9-12)19-11(3)24-14/h4-10,16H,1-3H3,(H,20,23)(H,21,22). The van der Waals surface area contributed by atoms with Gasteiger partial charge < -0.3 is 15.1 Å². The Bertz CT molecular complexity index is 900. The molecule has 0 saturated carbocycles. The van der Waals surface area contributed by atoms with Crippen molar-refractivity contribution in [1.82, 2.24) is 10.3 Å². The second kappa shape index (κ2) is 7.06. The average Bonchev–Trinajstić information content (AvgIpc) is 3.20. The molecule has 0 spiro atoms. The van der Waals surface area contributed by atoms with E-state index in [1.807, 2.05) is 19.2 Å². The highest BCUT2D eigenvalue weighted by Crippen LogP contribution is 2.20. The minimum absolute atomic E-state index is 0.0538. The monoisotopic (exact) mass is 357 g/mol. The van der Waals surface area contributed by atoms with Crippen molar-refractivity contribution < 1.29 is 14.0 Å². The largest absolute Gasteiger partial charge is 0.441 e. The first-order valence-electron chi connectivity index (χ1n) is 7.96. The first kappa shape index (κ1) is 17.2. The Morgan fingerprint density at radius 3 is 2.72 bits per heavy atom. The molecule has 3 rings (SSSR count). The number of carbonyl (C=O) groups is 2. The first-order valence-corrected chi connectivity index (χ1v) is 8.84. The van der Waals surface area contributed by atoms with Crippen molar-refractivity contribution in [3.05, 3.63) is 46.5 Å². The predicted octanol–water partition coefficient (Wildman–Crippen LogP) is 3.59. The van der Waals surface area contributed by atoms with Crippen LogP contribution in [0.15, 0.2) is 40.1 Å². The number of carbonyl (C=O) groups excluding carboxylic acids is 2. The van der Waals surface area contributed by atoms with Gasteiger partial charge in [0, 0.05) is 12.6 Å². The summed E-state index contributed by atoms with van der Waals surface area (Å²) in [6.07, 6.45) is 0. The second-order valence-electron chi connectivity index (χ2n) is 6.08. The molecule has 0 bridgehead atoms. The second-order valence-corrected chi connectivity index (χ2v) is 7.02. The highest BCUT2D eigenvalue weighted by Gasteiger charge is 2.25. The summed E-state index contributed by atoms with van der Waals surface area (Å²) in [5.41, 5.74) is 1.96. The number of hydrogen-bond donors (Lipinski definition) is 2. The molecule has 0 aliphatic carbocycles. The fourth-order valence-electron chi connectivity index (χ4n) is 2.50. The lowest BCUT2D eigenvalue weighted by Gasteiger charge is -2.21. The number of thiophene rings is 1. The van der Waals surface area contributed by atoms with Gasteiger partial charge in [-0.1, -0.05) is 19.9 Å². The summed E-state index contributed by atoms with van der Waals surface area (Å²) in [5, 5.41) is 7.48. The zero-order valence-electron chi connectivity index (χ0n) is 14.2. The van der Waals surface area contributed by atoms with E-state index >= 15 is 0 Å². The molecule has 0 aliphatic heterocycles. The Kier molecular flexibility index (Phi) is 4.85. The topological polar surface area (TPSA) is 84.2 Å². The van der Waals surface area contributed by atoms with Gasteiger partial charge in [-0.25, -0.2) is 4.98 Å². The lowest BCUT2D eigenvalue weighted by atomic mass is 10.0. The lowest BCUT2D eigenvalue weighted by Crippen LogP contribution is -2.46. The minimum atomic E-state index is -0.635. The van der Waals surface area contributed by atoms with Crippen molar-refractivity contribution in [2.24, 2.45) is 5.92 Å². The highest BCUT2D eigenvalue weighted by molar-refractivity contribution is 7.12. The van der Waals surface area contributed by atoms with Crippen molar-refractivity contribution in [1.29, 1.82) is 0 Å². The third kappa shape index (κ3) is 3.88. The lowest BCUT2D eigenvalue weighted by molar-refractivity contribution is -0.118. The Morgan fingerprint density at radius 2 is 2.04 bits per heavy atom. The molecule has 6 nitrogen and oxygen atoms in total. The number of fused-ring (bicyclic) bond motifs is 1. The quantitative estimate of drug-likeness (QED) is 0.731. The third-order valence-electron chi connectivity index (χ3n) is 3.74. The van der Waals surface area contributed by atoms with E-state index in [0.717, 1.165) is 0 Å². The molecule has 25 heavy (non-hydrogen) atoms. The molecular formula is C18H19N3O3S. The van der Waals surface area contributed by atoms with E-state index in [1.54, 1.807) is 37.3 Å². The molecule has 2 heterocycles. The molecule has 0 radical (unpaired) electrons. The highest BCUT2D eigenvalue weighted by atomic mass is 32.1. The molecule has 2 amide bonds. The Hall–Kier alpha value is -2.67. The Morgan fingerprint density at radius 1 is 1.24 bits per heavy atom. The molecule has 3 aromatic rings. The number of aryl methyl sites for hydroxylation is 1. The maximum Gasteiger partial charge on any atom is 0.262 e. The number of hydrogen-bond acceptors (Lipinski definition) is 5. The van der Waals surface area contributed by atoms with Gasteiger partial charge in [-0.05, 0) is 35.6 Å². The molecule has 7 heteroatoms. The Labute approximate surface area is 149 Å². The van der Waals surface area contributed by atoms with Crippen LogP contribution in [-0.4, -0.2) is 22.8 Å². The number of nitrogens with zero attached hydrogens (tertiary/aromatic N) is 1. The van der Waals surface area contributed by atoms with Crippen LogP contribution in [0.2, 0.25) is 0 Å². The van der Waals surface area contributed by atoms with Gasteiger partial charge in [-0.15, -0.1) is 11.3 Å². The summed E-state index contributed by atoms with van der Waals surface area (Å²) in [6.45, 7) is 5.55. The normalized spacial score (nSPS) is 12.3. The van der Waals surface area contributed by atoms with Crippen molar-refractivity contribution in [2.45, 2.75) is 26.8 Å². The van der Waals surface area contributed by atoms with Crippen molar-refractivity contribution in [3.8, 4) is 0 Å². The maximum absolute atomic E-state index is 12.6. The fourth-order valence-corrected chi connectivity index (χ4v) is 3.12. The number of amides is 2. The molecule has 2 aromatic heterocycles. The molecular weight excluding hydrogens is 338 g/mol. The molecule has 130 valence electrons. The van der Waals surface area contributed by atoms with Gasteiger partial charge in [0.2, 0.25) is 5.91 Å².